The van der Waals surface area contributed by atoms with E-state index >= 15 is 4.39 Å². The zero-order valence-electron chi connectivity index (χ0n) is 20.0. The van der Waals surface area contributed by atoms with E-state index in [0.29, 0.717) is 52.5 Å². The number of hydrogen-bond acceptors (Lipinski definition) is 6. The Labute approximate surface area is 211 Å². The molecule has 4 heterocycles. The van der Waals surface area contributed by atoms with Gasteiger partial charge in [0.2, 0.25) is 0 Å². The molecule has 1 amide bonds. The smallest absolute Gasteiger partial charge is 0.253 e. The van der Waals surface area contributed by atoms with Gasteiger partial charge in [-0.25, -0.2) is 13.8 Å². The Morgan fingerprint density at radius 2 is 2.03 bits per heavy atom. The molecule has 2 aliphatic rings. The summed E-state index contributed by atoms with van der Waals surface area (Å²) in [6, 6.07) is 8.34. The molecule has 1 unspecified atom stereocenters. The van der Waals surface area contributed by atoms with Gasteiger partial charge in [0.15, 0.2) is 5.82 Å². The fourth-order valence-electron chi connectivity index (χ4n) is 4.85. The zero-order valence-corrected chi connectivity index (χ0v) is 20.0. The van der Waals surface area contributed by atoms with E-state index in [1.807, 2.05) is 31.2 Å². The van der Waals surface area contributed by atoms with Crippen LogP contribution in [0.4, 0.5) is 8.78 Å². The first kappa shape index (κ1) is 23.1. The maximum absolute atomic E-state index is 15.0. The van der Waals surface area contributed by atoms with Crippen LogP contribution in [0.2, 0.25) is 0 Å². The highest BCUT2D eigenvalue weighted by molar-refractivity contribution is 6.04. The van der Waals surface area contributed by atoms with Crippen molar-refractivity contribution < 1.29 is 13.6 Å². The largest absolute Gasteiger partial charge is 0.349 e. The van der Waals surface area contributed by atoms with E-state index in [0.717, 1.165) is 11.9 Å². The molecular formula is C27H23F2N7O. The summed E-state index contributed by atoms with van der Waals surface area (Å²) in [5.41, 5.74) is 2.94. The van der Waals surface area contributed by atoms with Crippen LogP contribution in [0.25, 0.3) is 28.2 Å². The number of alkyl halides is 1. The van der Waals surface area contributed by atoms with Gasteiger partial charge in [0, 0.05) is 36.3 Å². The van der Waals surface area contributed by atoms with Gasteiger partial charge in [-0.05, 0) is 44.0 Å². The molecule has 6 rings (SSSR count). The number of aryl methyl sites for hydroxylation is 1. The number of nitrogens with zero attached hydrogens (tertiary/aromatic N) is 6. The Kier molecular flexibility index (Phi) is 5.78. The van der Waals surface area contributed by atoms with Crippen LogP contribution in [-0.2, 0) is 0 Å². The van der Waals surface area contributed by atoms with Gasteiger partial charge in [-0.3, -0.25) is 19.3 Å². The van der Waals surface area contributed by atoms with Crippen molar-refractivity contribution >= 4 is 22.6 Å². The van der Waals surface area contributed by atoms with Crippen LogP contribution >= 0.6 is 0 Å². The normalized spacial score (nSPS) is 20.9. The van der Waals surface area contributed by atoms with Gasteiger partial charge in [-0.15, -0.1) is 10.2 Å². The standard InChI is InChI=1S/C27H23F2N7O/c1-15-5-4-7-21(32-15)26-35-34-25(36(26)23-8-3-2-6-20(23)29)16-11-18(12-16)33-27(37)19-9-10-30-22-13-17(28)14-31-24(19)22/h2-5,7-10,13-14,16,18,20H,6,11-12H2,1H3,(H,33,37). The average Bonchev–Trinajstić information content (AvgIpc) is 3.29. The van der Waals surface area contributed by atoms with Crippen LogP contribution in [0.3, 0.4) is 0 Å². The molecule has 1 N–H and O–H groups in total. The number of aromatic nitrogens is 6. The SMILES string of the molecule is Cc1cccc(-c2nnc(C3CC(NC(=O)c4ccnc5cc(F)cnc45)C3)n2C2=CC=CCC2F)n1. The first-order valence-corrected chi connectivity index (χ1v) is 12.1. The fourth-order valence-corrected chi connectivity index (χ4v) is 4.85. The number of fused-ring (bicyclic) bond motifs is 1. The summed E-state index contributed by atoms with van der Waals surface area (Å²) in [5, 5.41) is 11.9. The predicted octanol–water partition coefficient (Wildman–Crippen LogP) is 4.55. The first-order chi connectivity index (χ1) is 18.0. The highest BCUT2D eigenvalue weighted by atomic mass is 19.1. The number of carbonyl (C=O) groups excluding carboxylic acids is 1. The summed E-state index contributed by atoms with van der Waals surface area (Å²) in [6.45, 7) is 1.89. The molecule has 1 fully saturated rings. The molecule has 0 aromatic carbocycles. The van der Waals surface area contributed by atoms with E-state index in [1.54, 1.807) is 22.8 Å². The molecule has 2 aliphatic carbocycles. The molecule has 4 aromatic heterocycles. The Hall–Kier alpha value is -4.34. The number of allylic oxidation sites excluding steroid dienone is 4. The second-order valence-electron chi connectivity index (χ2n) is 9.32. The number of carbonyl (C=O) groups is 1. The van der Waals surface area contributed by atoms with Crippen molar-refractivity contribution in [2.75, 3.05) is 0 Å². The molecule has 10 heteroatoms. The molecule has 1 atom stereocenters. The van der Waals surface area contributed by atoms with Crippen LogP contribution in [-0.4, -0.2) is 47.8 Å². The van der Waals surface area contributed by atoms with Crippen LogP contribution in [0.15, 0.2) is 61.0 Å². The van der Waals surface area contributed by atoms with E-state index in [1.165, 1.54) is 12.3 Å². The van der Waals surface area contributed by atoms with Gasteiger partial charge in [0.1, 0.15) is 29.0 Å². The number of halogens is 2. The second-order valence-corrected chi connectivity index (χ2v) is 9.32. The lowest BCUT2D eigenvalue weighted by Gasteiger charge is -2.35. The van der Waals surface area contributed by atoms with Gasteiger partial charge < -0.3 is 5.32 Å². The molecule has 1 saturated carbocycles. The minimum Gasteiger partial charge on any atom is -0.349 e. The summed E-state index contributed by atoms with van der Waals surface area (Å²) in [7, 11) is 0. The third-order valence-electron chi connectivity index (χ3n) is 6.76. The summed E-state index contributed by atoms with van der Waals surface area (Å²) >= 11 is 0. The Morgan fingerprint density at radius 3 is 2.84 bits per heavy atom. The van der Waals surface area contributed by atoms with Gasteiger partial charge in [-0.1, -0.05) is 18.2 Å². The number of nitrogens with one attached hydrogen (secondary N) is 1. The van der Waals surface area contributed by atoms with Crippen molar-refractivity contribution in [3.05, 3.63) is 83.9 Å². The van der Waals surface area contributed by atoms with Crippen molar-refractivity contribution in [2.24, 2.45) is 0 Å². The number of amides is 1. The number of rotatable bonds is 5. The monoisotopic (exact) mass is 499 g/mol. The van der Waals surface area contributed by atoms with E-state index in [9.17, 15) is 9.18 Å². The molecule has 37 heavy (non-hydrogen) atoms. The third-order valence-corrected chi connectivity index (χ3v) is 6.76. The molecular weight excluding hydrogens is 476 g/mol. The highest BCUT2D eigenvalue weighted by Gasteiger charge is 2.37. The van der Waals surface area contributed by atoms with E-state index in [4.69, 9.17) is 0 Å². The topological polar surface area (TPSA) is 98.5 Å². The lowest BCUT2D eigenvalue weighted by Crippen LogP contribution is -2.44. The molecule has 4 aromatic rings. The quantitative estimate of drug-likeness (QED) is 0.433. The minimum absolute atomic E-state index is 0.0169. The van der Waals surface area contributed by atoms with Crippen molar-refractivity contribution in [3.8, 4) is 11.5 Å². The average molecular weight is 500 g/mol. The molecule has 0 spiro atoms. The van der Waals surface area contributed by atoms with Gasteiger partial charge >= 0.3 is 0 Å². The molecule has 0 radical (unpaired) electrons. The van der Waals surface area contributed by atoms with Crippen molar-refractivity contribution in [1.82, 2.24) is 35.0 Å². The van der Waals surface area contributed by atoms with Gasteiger partial charge in [0.25, 0.3) is 5.91 Å². The van der Waals surface area contributed by atoms with Crippen LogP contribution in [0, 0.1) is 12.7 Å². The molecule has 0 bridgehead atoms. The maximum atomic E-state index is 15.0. The first-order valence-electron chi connectivity index (χ1n) is 12.1. The maximum Gasteiger partial charge on any atom is 0.253 e. The van der Waals surface area contributed by atoms with Crippen molar-refractivity contribution in [2.45, 2.75) is 44.3 Å². The van der Waals surface area contributed by atoms with Gasteiger partial charge in [-0.2, -0.15) is 0 Å². The zero-order chi connectivity index (χ0) is 25.5. The Morgan fingerprint density at radius 1 is 1.16 bits per heavy atom. The predicted molar refractivity (Wildman–Crippen MR) is 134 cm³/mol. The van der Waals surface area contributed by atoms with E-state index < -0.39 is 12.0 Å². The molecule has 0 saturated heterocycles. The van der Waals surface area contributed by atoms with Crippen LogP contribution < -0.4 is 5.32 Å². The lowest BCUT2D eigenvalue weighted by molar-refractivity contribution is 0.0908. The van der Waals surface area contributed by atoms with Crippen molar-refractivity contribution in [1.29, 1.82) is 0 Å². The minimum atomic E-state index is -1.18. The van der Waals surface area contributed by atoms with E-state index in [-0.39, 0.29) is 24.3 Å². The number of pyridine rings is 3. The van der Waals surface area contributed by atoms with Crippen LogP contribution in [0.5, 0.6) is 0 Å². The molecule has 186 valence electrons. The fraction of sp³-hybridized carbons (Fsp3) is 0.259. The van der Waals surface area contributed by atoms with E-state index in [2.05, 4.69) is 30.5 Å². The lowest BCUT2D eigenvalue weighted by atomic mass is 9.79. The van der Waals surface area contributed by atoms with Gasteiger partial charge in [0.05, 0.1) is 23.0 Å². The second kappa shape index (κ2) is 9.27. The van der Waals surface area contributed by atoms with Crippen molar-refractivity contribution in [3.63, 3.8) is 0 Å². The molecule has 0 aliphatic heterocycles. The summed E-state index contributed by atoms with van der Waals surface area (Å²) in [6.07, 6.45) is 8.26. The Balaban J connectivity index is 1.25. The summed E-state index contributed by atoms with van der Waals surface area (Å²) in [5.74, 6) is 0.320. The number of hydrogen-bond donors (Lipinski definition) is 1. The third kappa shape index (κ3) is 4.28. The Bertz CT molecular complexity index is 1570. The summed E-state index contributed by atoms with van der Waals surface area (Å²) < 4.78 is 30.3. The summed E-state index contributed by atoms with van der Waals surface area (Å²) in [4.78, 5) is 25.7. The molecule has 8 nitrogen and oxygen atoms in total. The van der Waals surface area contributed by atoms with Crippen LogP contribution in [0.1, 0.15) is 47.1 Å². The highest BCUT2D eigenvalue weighted by Crippen LogP contribution is 2.40.